The largest absolute Gasteiger partial charge is 0.481 e. The second kappa shape index (κ2) is 10.1. The summed E-state index contributed by atoms with van der Waals surface area (Å²) in [6.07, 6.45) is 0.696. The molecule has 0 aromatic heterocycles. The second-order valence-corrected chi connectivity index (χ2v) is 10.1. The average Bonchev–Trinajstić information content (AvgIpc) is 3.42. The number of benzene rings is 2. The molecule has 4 rings (SSSR count). The number of aliphatic carboxylic acids is 1. The highest BCUT2D eigenvalue weighted by Crippen LogP contribution is 2.44. The van der Waals surface area contributed by atoms with Gasteiger partial charge in [-0.15, -0.1) is 0 Å². The number of carbonyl (C=O) groups is 3. The van der Waals surface area contributed by atoms with Gasteiger partial charge in [0.25, 0.3) is 0 Å². The minimum absolute atomic E-state index is 0.0632. The standard InChI is InChI=1S/C28H34N2O5/c1-4-28(26(32)33)13-14-30(17-28)25(31)24(15-18(2)3)29-27(34)35-16-23-21-11-7-5-9-19(21)20-10-6-8-12-22(20)23/h5-12,18,23-24H,4,13-17H2,1-3H3,(H,29,34)(H,32,33)/t24-,28?/m0/s1. The Bertz CT molecular complexity index is 1070. The number of nitrogens with zero attached hydrogens (tertiary/aromatic N) is 1. The van der Waals surface area contributed by atoms with Crippen LogP contribution < -0.4 is 5.32 Å². The molecule has 1 heterocycles. The van der Waals surface area contributed by atoms with Crippen molar-refractivity contribution < 1.29 is 24.2 Å². The van der Waals surface area contributed by atoms with E-state index < -0.39 is 23.5 Å². The predicted molar refractivity (Wildman–Crippen MR) is 133 cm³/mol. The number of carboxylic acid groups (broad SMARTS) is 1. The third-order valence-electron chi connectivity index (χ3n) is 7.44. The number of rotatable bonds is 8. The summed E-state index contributed by atoms with van der Waals surface area (Å²) < 4.78 is 5.65. The van der Waals surface area contributed by atoms with E-state index >= 15 is 0 Å². The third kappa shape index (κ3) is 4.90. The van der Waals surface area contributed by atoms with Gasteiger partial charge in [0.05, 0.1) is 5.41 Å². The Morgan fingerprint density at radius 3 is 2.20 bits per heavy atom. The molecule has 1 fully saturated rings. The summed E-state index contributed by atoms with van der Waals surface area (Å²) in [5.74, 6) is -1.02. The van der Waals surface area contributed by atoms with Crippen LogP contribution in [0.2, 0.25) is 0 Å². The topological polar surface area (TPSA) is 95.9 Å². The lowest BCUT2D eigenvalue weighted by molar-refractivity contribution is -0.148. The minimum Gasteiger partial charge on any atom is -0.481 e. The first kappa shape index (κ1) is 24.8. The molecule has 2 N–H and O–H groups in total. The molecule has 35 heavy (non-hydrogen) atoms. The summed E-state index contributed by atoms with van der Waals surface area (Å²) >= 11 is 0. The molecule has 7 nitrogen and oxygen atoms in total. The van der Waals surface area contributed by atoms with Crippen molar-refractivity contribution in [3.8, 4) is 11.1 Å². The number of alkyl carbamates (subject to hydrolysis) is 1. The smallest absolute Gasteiger partial charge is 0.407 e. The highest BCUT2D eigenvalue weighted by Gasteiger charge is 2.46. The summed E-state index contributed by atoms with van der Waals surface area (Å²) in [6, 6.07) is 15.5. The van der Waals surface area contributed by atoms with Gasteiger partial charge in [0, 0.05) is 19.0 Å². The first-order valence-corrected chi connectivity index (χ1v) is 12.4. The van der Waals surface area contributed by atoms with E-state index in [0.29, 0.717) is 25.8 Å². The van der Waals surface area contributed by atoms with Gasteiger partial charge in [-0.1, -0.05) is 69.3 Å². The van der Waals surface area contributed by atoms with E-state index in [1.54, 1.807) is 4.90 Å². The van der Waals surface area contributed by atoms with Gasteiger partial charge in [0.1, 0.15) is 12.6 Å². The van der Waals surface area contributed by atoms with Gasteiger partial charge in [-0.3, -0.25) is 9.59 Å². The van der Waals surface area contributed by atoms with Crippen molar-refractivity contribution in [2.75, 3.05) is 19.7 Å². The first-order chi connectivity index (χ1) is 16.8. The highest BCUT2D eigenvalue weighted by atomic mass is 16.5. The highest BCUT2D eigenvalue weighted by molar-refractivity contribution is 5.87. The molecule has 0 radical (unpaired) electrons. The Hall–Kier alpha value is -3.35. The fourth-order valence-corrected chi connectivity index (χ4v) is 5.37. The number of amides is 2. The number of likely N-dealkylation sites (tertiary alicyclic amines) is 1. The number of carbonyl (C=O) groups excluding carboxylic acids is 2. The average molecular weight is 479 g/mol. The van der Waals surface area contributed by atoms with Gasteiger partial charge in [-0.25, -0.2) is 4.79 Å². The molecule has 1 aliphatic carbocycles. The lowest BCUT2D eigenvalue weighted by Crippen LogP contribution is -2.49. The summed E-state index contributed by atoms with van der Waals surface area (Å²) in [5, 5.41) is 12.5. The van der Waals surface area contributed by atoms with E-state index in [1.807, 2.05) is 45.0 Å². The molecule has 2 aromatic rings. The van der Waals surface area contributed by atoms with Gasteiger partial charge >= 0.3 is 12.1 Å². The Labute approximate surface area is 206 Å². The second-order valence-electron chi connectivity index (χ2n) is 10.1. The zero-order chi connectivity index (χ0) is 25.2. The van der Waals surface area contributed by atoms with Crippen molar-refractivity contribution >= 4 is 18.0 Å². The van der Waals surface area contributed by atoms with E-state index in [4.69, 9.17) is 4.74 Å². The molecule has 1 aliphatic heterocycles. The fraction of sp³-hybridized carbons (Fsp3) is 0.464. The minimum atomic E-state index is -0.915. The maximum atomic E-state index is 13.3. The summed E-state index contributed by atoms with van der Waals surface area (Å²) in [7, 11) is 0. The normalized spacial score (nSPS) is 19.8. The summed E-state index contributed by atoms with van der Waals surface area (Å²) in [4.78, 5) is 39.5. The number of carboxylic acids is 1. The van der Waals surface area contributed by atoms with Crippen LogP contribution in [0.15, 0.2) is 48.5 Å². The molecule has 2 aromatic carbocycles. The van der Waals surface area contributed by atoms with Crippen LogP contribution in [0.4, 0.5) is 4.79 Å². The molecule has 2 amide bonds. The first-order valence-electron chi connectivity index (χ1n) is 12.4. The Morgan fingerprint density at radius 1 is 1.09 bits per heavy atom. The van der Waals surface area contributed by atoms with Crippen LogP contribution in [0.3, 0.4) is 0 Å². The molecular formula is C28H34N2O5. The van der Waals surface area contributed by atoms with Gasteiger partial charge < -0.3 is 20.1 Å². The van der Waals surface area contributed by atoms with E-state index in [9.17, 15) is 19.5 Å². The van der Waals surface area contributed by atoms with Crippen molar-refractivity contribution in [2.24, 2.45) is 11.3 Å². The summed E-state index contributed by atoms with van der Waals surface area (Å²) in [6.45, 7) is 6.51. The number of hydrogen-bond acceptors (Lipinski definition) is 4. The fourth-order valence-electron chi connectivity index (χ4n) is 5.37. The van der Waals surface area contributed by atoms with Crippen molar-refractivity contribution in [1.29, 1.82) is 0 Å². The Kier molecular flexibility index (Phi) is 7.15. The number of ether oxygens (including phenoxy) is 1. The molecule has 0 saturated carbocycles. The quantitative estimate of drug-likeness (QED) is 0.576. The lowest BCUT2D eigenvalue weighted by atomic mass is 9.84. The van der Waals surface area contributed by atoms with Crippen LogP contribution in [-0.4, -0.2) is 53.7 Å². The monoisotopic (exact) mass is 478 g/mol. The maximum absolute atomic E-state index is 13.3. The molecule has 0 spiro atoms. The van der Waals surface area contributed by atoms with Crippen molar-refractivity contribution in [3.05, 3.63) is 59.7 Å². The number of hydrogen-bond donors (Lipinski definition) is 2. The van der Waals surface area contributed by atoms with E-state index in [2.05, 4.69) is 29.6 Å². The van der Waals surface area contributed by atoms with Crippen molar-refractivity contribution in [2.45, 2.75) is 52.0 Å². The van der Waals surface area contributed by atoms with Crippen LogP contribution in [0, 0.1) is 11.3 Å². The van der Waals surface area contributed by atoms with Gasteiger partial charge in [-0.2, -0.15) is 0 Å². The molecule has 2 aliphatic rings. The Balaban J connectivity index is 1.43. The van der Waals surface area contributed by atoms with Crippen LogP contribution in [-0.2, 0) is 14.3 Å². The van der Waals surface area contributed by atoms with Crippen LogP contribution >= 0.6 is 0 Å². The van der Waals surface area contributed by atoms with E-state index in [0.717, 1.165) is 22.3 Å². The van der Waals surface area contributed by atoms with E-state index in [-0.39, 0.29) is 30.9 Å². The molecule has 186 valence electrons. The van der Waals surface area contributed by atoms with Gasteiger partial charge in [-0.05, 0) is 47.4 Å². The van der Waals surface area contributed by atoms with Gasteiger partial charge in [0.15, 0.2) is 0 Å². The van der Waals surface area contributed by atoms with Crippen LogP contribution in [0.1, 0.15) is 57.1 Å². The lowest BCUT2D eigenvalue weighted by Gasteiger charge is -2.27. The molecule has 0 bridgehead atoms. The van der Waals surface area contributed by atoms with Crippen molar-refractivity contribution in [3.63, 3.8) is 0 Å². The molecular weight excluding hydrogens is 444 g/mol. The zero-order valence-corrected chi connectivity index (χ0v) is 20.6. The summed E-state index contributed by atoms with van der Waals surface area (Å²) in [5.41, 5.74) is 3.63. The van der Waals surface area contributed by atoms with Crippen LogP contribution in [0.25, 0.3) is 11.1 Å². The van der Waals surface area contributed by atoms with Crippen LogP contribution in [0.5, 0.6) is 0 Å². The van der Waals surface area contributed by atoms with Gasteiger partial charge in [0.2, 0.25) is 5.91 Å². The number of nitrogens with one attached hydrogen (secondary N) is 1. The van der Waals surface area contributed by atoms with Crippen molar-refractivity contribution in [1.82, 2.24) is 10.2 Å². The molecule has 2 atom stereocenters. The molecule has 1 saturated heterocycles. The third-order valence-corrected chi connectivity index (χ3v) is 7.44. The van der Waals surface area contributed by atoms with E-state index in [1.165, 1.54) is 0 Å². The molecule has 7 heteroatoms. The zero-order valence-electron chi connectivity index (χ0n) is 20.6. The SMILES string of the molecule is CCC1(C(=O)O)CCN(C(=O)[C@H](CC(C)C)NC(=O)OCC2c3ccccc3-c3ccccc32)C1. The predicted octanol–water partition coefficient (Wildman–Crippen LogP) is 4.65. The Morgan fingerprint density at radius 2 is 1.69 bits per heavy atom. The number of fused-ring (bicyclic) bond motifs is 3. The molecule has 1 unspecified atom stereocenters. The maximum Gasteiger partial charge on any atom is 0.407 e.